The number of nitrogens with zero attached hydrogens (tertiary/aromatic N) is 1. The van der Waals surface area contributed by atoms with E-state index in [1.165, 1.54) is 0 Å². The second-order valence-corrected chi connectivity index (χ2v) is 6.99. The number of nitriles is 1. The van der Waals surface area contributed by atoms with Gasteiger partial charge in [0.05, 0.1) is 18.1 Å². The first-order valence-electron chi connectivity index (χ1n) is 7.46. The Balaban J connectivity index is 2.60. The monoisotopic (exact) mass is 352 g/mol. The molecular weight excluding hydrogens is 328 g/mol. The van der Waals surface area contributed by atoms with Crippen LogP contribution in [0.5, 0.6) is 5.75 Å². The van der Waals surface area contributed by atoms with Crippen LogP contribution < -0.4 is 10.5 Å². The second-order valence-electron chi connectivity index (χ2n) is 6.07. The molecule has 1 unspecified atom stereocenters. The maximum Gasteiger partial charge on any atom is 0.122 e. The molecule has 3 nitrogen and oxygen atoms in total. The molecule has 0 heterocycles. The Bertz CT molecular complexity index is 494. The summed E-state index contributed by atoms with van der Waals surface area (Å²) in [5.41, 5.74) is 6.90. The lowest BCUT2D eigenvalue weighted by atomic mass is 9.90. The number of hydrogen-bond acceptors (Lipinski definition) is 3. The summed E-state index contributed by atoms with van der Waals surface area (Å²) >= 11 is 3.49. The fourth-order valence-corrected chi connectivity index (χ4v) is 2.44. The first-order valence-corrected chi connectivity index (χ1v) is 8.25. The predicted molar refractivity (Wildman–Crippen MR) is 90.2 cm³/mol. The summed E-state index contributed by atoms with van der Waals surface area (Å²) in [6, 6.07) is 8.50. The highest BCUT2D eigenvalue weighted by atomic mass is 79.9. The summed E-state index contributed by atoms with van der Waals surface area (Å²) in [5, 5.41) is 9.00. The van der Waals surface area contributed by atoms with Crippen molar-refractivity contribution >= 4 is 15.9 Å². The molecule has 0 aliphatic carbocycles. The van der Waals surface area contributed by atoms with Gasteiger partial charge in [-0.3, -0.25) is 0 Å². The number of ether oxygens (including phenoxy) is 1. The number of halogens is 1. The molecule has 0 bridgehead atoms. The molecular formula is C17H25BrN2O. The minimum Gasteiger partial charge on any atom is -0.493 e. The second kappa shape index (κ2) is 8.41. The van der Waals surface area contributed by atoms with Crippen molar-refractivity contribution < 1.29 is 4.74 Å². The van der Waals surface area contributed by atoms with Crippen LogP contribution in [0.3, 0.4) is 0 Å². The number of rotatable bonds is 8. The van der Waals surface area contributed by atoms with Crippen molar-refractivity contribution in [1.82, 2.24) is 0 Å². The molecule has 1 aromatic rings. The van der Waals surface area contributed by atoms with E-state index >= 15 is 0 Å². The zero-order valence-electron chi connectivity index (χ0n) is 13.2. The topological polar surface area (TPSA) is 59.0 Å². The lowest BCUT2D eigenvalue weighted by Crippen LogP contribution is -2.21. The van der Waals surface area contributed by atoms with Crippen LogP contribution in [0.15, 0.2) is 22.7 Å². The minimum atomic E-state index is -0.281. The fraction of sp³-hybridized carbons (Fsp3) is 0.588. The standard InChI is InChI=1S/C17H25BrN2O/c1-4-15(20)11-13-10-14(18)6-7-16(13)21-9-5-8-17(2,3)12-19/h6-7,10,15H,4-5,8-9,11,20H2,1-3H3. The highest BCUT2D eigenvalue weighted by molar-refractivity contribution is 9.10. The first kappa shape index (κ1) is 18.0. The lowest BCUT2D eigenvalue weighted by Gasteiger charge is -2.17. The smallest absolute Gasteiger partial charge is 0.122 e. The summed E-state index contributed by atoms with van der Waals surface area (Å²) in [4.78, 5) is 0. The van der Waals surface area contributed by atoms with E-state index in [1.54, 1.807) is 0 Å². The van der Waals surface area contributed by atoms with E-state index in [0.717, 1.165) is 41.5 Å². The van der Waals surface area contributed by atoms with E-state index < -0.39 is 0 Å². The normalized spacial score (nSPS) is 12.8. The Morgan fingerprint density at radius 3 is 2.76 bits per heavy atom. The molecule has 0 aromatic heterocycles. The van der Waals surface area contributed by atoms with Gasteiger partial charge in [0.25, 0.3) is 0 Å². The summed E-state index contributed by atoms with van der Waals surface area (Å²) in [6.07, 6.45) is 3.47. The zero-order valence-corrected chi connectivity index (χ0v) is 14.7. The van der Waals surface area contributed by atoms with Crippen LogP contribution >= 0.6 is 15.9 Å². The van der Waals surface area contributed by atoms with Crippen LogP contribution in [-0.2, 0) is 6.42 Å². The maximum atomic E-state index is 9.00. The third kappa shape index (κ3) is 6.50. The molecule has 116 valence electrons. The van der Waals surface area contributed by atoms with Crippen molar-refractivity contribution in [3.05, 3.63) is 28.2 Å². The van der Waals surface area contributed by atoms with Crippen molar-refractivity contribution in [1.29, 1.82) is 5.26 Å². The average molecular weight is 353 g/mol. The Hall–Kier alpha value is -1.05. The van der Waals surface area contributed by atoms with Crippen molar-refractivity contribution in [2.45, 2.75) is 52.5 Å². The van der Waals surface area contributed by atoms with Gasteiger partial charge in [-0.15, -0.1) is 0 Å². The molecule has 2 N–H and O–H groups in total. The summed E-state index contributed by atoms with van der Waals surface area (Å²) in [7, 11) is 0. The van der Waals surface area contributed by atoms with Crippen LogP contribution in [0.2, 0.25) is 0 Å². The van der Waals surface area contributed by atoms with E-state index in [2.05, 4.69) is 35.0 Å². The maximum absolute atomic E-state index is 9.00. The van der Waals surface area contributed by atoms with Gasteiger partial charge >= 0.3 is 0 Å². The molecule has 1 atom stereocenters. The quantitative estimate of drug-likeness (QED) is 0.703. The molecule has 0 saturated carbocycles. The van der Waals surface area contributed by atoms with Gasteiger partial charge in [0, 0.05) is 10.5 Å². The van der Waals surface area contributed by atoms with Gasteiger partial charge in [0.15, 0.2) is 0 Å². The average Bonchev–Trinajstić information content (AvgIpc) is 2.45. The van der Waals surface area contributed by atoms with Crippen LogP contribution in [0.4, 0.5) is 0 Å². The van der Waals surface area contributed by atoms with E-state index in [-0.39, 0.29) is 11.5 Å². The third-order valence-electron chi connectivity index (χ3n) is 3.54. The molecule has 0 spiro atoms. The number of benzene rings is 1. The van der Waals surface area contributed by atoms with Crippen molar-refractivity contribution in [3.63, 3.8) is 0 Å². The Kier molecular flexibility index (Phi) is 7.21. The number of nitrogens with two attached hydrogens (primary N) is 1. The van der Waals surface area contributed by atoms with Crippen molar-refractivity contribution in [3.8, 4) is 11.8 Å². The Morgan fingerprint density at radius 2 is 2.14 bits per heavy atom. The van der Waals surface area contributed by atoms with Gasteiger partial charge in [-0.05, 0) is 63.3 Å². The van der Waals surface area contributed by atoms with Gasteiger partial charge in [-0.25, -0.2) is 0 Å². The van der Waals surface area contributed by atoms with E-state index in [1.807, 2.05) is 26.0 Å². The van der Waals surface area contributed by atoms with Gasteiger partial charge in [0.1, 0.15) is 5.75 Å². The number of hydrogen-bond donors (Lipinski definition) is 1. The molecule has 1 aromatic carbocycles. The van der Waals surface area contributed by atoms with E-state index in [9.17, 15) is 0 Å². The van der Waals surface area contributed by atoms with Crippen molar-refractivity contribution in [2.75, 3.05) is 6.61 Å². The lowest BCUT2D eigenvalue weighted by molar-refractivity contribution is 0.281. The zero-order chi connectivity index (χ0) is 15.9. The van der Waals surface area contributed by atoms with E-state index in [0.29, 0.717) is 6.61 Å². The highest BCUT2D eigenvalue weighted by Crippen LogP contribution is 2.26. The molecule has 0 amide bonds. The van der Waals surface area contributed by atoms with Gasteiger partial charge < -0.3 is 10.5 Å². The SMILES string of the molecule is CCC(N)Cc1cc(Br)ccc1OCCCC(C)(C)C#N. The highest BCUT2D eigenvalue weighted by Gasteiger charge is 2.16. The summed E-state index contributed by atoms with van der Waals surface area (Å²) in [6.45, 7) is 6.63. The Labute approximate surface area is 136 Å². The van der Waals surface area contributed by atoms with E-state index in [4.69, 9.17) is 15.7 Å². The fourth-order valence-electron chi connectivity index (χ4n) is 2.03. The first-order chi connectivity index (χ1) is 9.88. The minimum absolute atomic E-state index is 0.152. The van der Waals surface area contributed by atoms with Crippen LogP contribution in [0.1, 0.15) is 45.6 Å². The predicted octanol–water partition coefficient (Wildman–Crippen LogP) is 4.44. The molecule has 0 aliphatic rings. The van der Waals surface area contributed by atoms with Crippen LogP contribution in [0.25, 0.3) is 0 Å². The molecule has 4 heteroatoms. The van der Waals surface area contributed by atoms with Crippen LogP contribution in [0, 0.1) is 16.7 Å². The third-order valence-corrected chi connectivity index (χ3v) is 4.03. The molecule has 0 aliphatic heterocycles. The molecule has 0 radical (unpaired) electrons. The Morgan fingerprint density at radius 1 is 1.43 bits per heavy atom. The molecule has 21 heavy (non-hydrogen) atoms. The largest absolute Gasteiger partial charge is 0.493 e. The van der Waals surface area contributed by atoms with Gasteiger partial charge in [0.2, 0.25) is 0 Å². The molecule has 1 rings (SSSR count). The van der Waals surface area contributed by atoms with Crippen LogP contribution in [-0.4, -0.2) is 12.6 Å². The van der Waals surface area contributed by atoms with Gasteiger partial charge in [-0.1, -0.05) is 22.9 Å². The van der Waals surface area contributed by atoms with Gasteiger partial charge in [-0.2, -0.15) is 5.26 Å². The molecule has 0 saturated heterocycles. The van der Waals surface area contributed by atoms with Crippen molar-refractivity contribution in [2.24, 2.45) is 11.1 Å². The molecule has 0 fully saturated rings. The summed E-state index contributed by atoms with van der Waals surface area (Å²) in [5.74, 6) is 0.900. The summed E-state index contributed by atoms with van der Waals surface area (Å²) < 4.78 is 6.93.